The molecule has 0 nitrogen and oxygen atoms in total. The van der Waals surface area contributed by atoms with E-state index < -0.39 is 0 Å². The van der Waals surface area contributed by atoms with Gasteiger partial charge in [-0.1, -0.05) is 20.8 Å². The Labute approximate surface area is 85.8 Å². The Balaban J connectivity index is -0.000000180. The van der Waals surface area contributed by atoms with Crippen molar-refractivity contribution in [2.75, 3.05) is 18.5 Å². The van der Waals surface area contributed by atoms with Crippen LogP contribution < -0.4 is 0 Å². The summed E-state index contributed by atoms with van der Waals surface area (Å²) in [7, 11) is 0.446. The summed E-state index contributed by atoms with van der Waals surface area (Å²) in [6.45, 7) is 6.87. The third-order valence-corrected chi connectivity index (χ3v) is 4.02. The van der Waals surface area contributed by atoms with Crippen LogP contribution in [0.25, 0.3) is 0 Å². The summed E-state index contributed by atoms with van der Waals surface area (Å²) in [5.41, 5.74) is 0. The first-order valence-electron chi connectivity index (χ1n) is 3.07. The van der Waals surface area contributed by atoms with E-state index in [9.17, 15) is 0 Å². The van der Waals surface area contributed by atoms with Gasteiger partial charge in [0.25, 0.3) is 0 Å². The number of hydrogen-bond acceptors (Lipinski definition) is 0. The van der Waals surface area contributed by atoms with Gasteiger partial charge in [-0.15, -0.1) is 7.92 Å². The fraction of sp³-hybridized carbons (Fsp3) is 1.00. The molecule has 0 aliphatic carbocycles. The smallest absolute Gasteiger partial charge is 0 e. The molecule has 0 amide bonds. The third-order valence-electron chi connectivity index (χ3n) is 1.34. The average molecular weight is 320 g/mol. The molecular formula is C6H15PRu2. The molecule has 0 spiro atoms. The summed E-state index contributed by atoms with van der Waals surface area (Å²) in [5.74, 6) is 0. The molecule has 0 radical (unpaired) electrons. The quantitative estimate of drug-likeness (QED) is 0.554. The zero-order chi connectivity index (χ0) is 5.70. The number of hydrogen-bond donors (Lipinski definition) is 0. The van der Waals surface area contributed by atoms with Crippen molar-refractivity contribution >= 4 is 7.92 Å². The van der Waals surface area contributed by atoms with E-state index >= 15 is 0 Å². The Kier molecular flexibility index (Phi) is 23.3. The normalized spacial score (nSPS) is 8.00. The molecule has 0 aromatic carbocycles. The van der Waals surface area contributed by atoms with Crippen LogP contribution in [0.1, 0.15) is 20.8 Å². The fourth-order valence-electron chi connectivity index (χ4n) is 0.671. The predicted molar refractivity (Wildman–Crippen MR) is 38.5 cm³/mol. The molecule has 0 aromatic rings. The molecule has 3 heteroatoms. The Bertz CT molecular complexity index is 32.5. The van der Waals surface area contributed by atoms with Crippen LogP contribution in [-0.4, -0.2) is 18.5 Å². The predicted octanol–water partition coefficient (Wildman–Crippen LogP) is 2.52. The van der Waals surface area contributed by atoms with Crippen LogP contribution in [0.5, 0.6) is 0 Å². The van der Waals surface area contributed by atoms with E-state index in [4.69, 9.17) is 0 Å². The average Bonchev–Trinajstić information content (AvgIpc) is 1.72. The van der Waals surface area contributed by atoms with Crippen molar-refractivity contribution in [1.82, 2.24) is 0 Å². The molecule has 0 saturated heterocycles. The monoisotopic (exact) mass is 322 g/mol. The van der Waals surface area contributed by atoms with Crippen LogP contribution >= 0.6 is 7.92 Å². The summed E-state index contributed by atoms with van der Waals surface area (Å²) in [6, 6.07) is 0. The first-order valence-corrected chi connectivity index (χ1v) is 4.97. The third kappa shape index (κ3) is 9.68. The van der Waals surface area contributed by atoms with Gasteiger partial charge in [-0.25, -0.2) is 0 Å². The van der Waals surface area contributed by atoms with Crippen LogP contribution in [0.15, 0.2) is 0 Å². The minimum atomic E-state index is 0. The van der Waals surface area contributed by atoms with Gasteiger partial charge in [-0.2, -0.15) is 0 Å². The summed E-state index contributed by atoms with van der Waals surface area (Å²) in [5, 5.41) is 0. The zero-order valence-corrected chi connectivity index (χ0v) is 10.6. The van der Waals surface area contributed by atoms with Crippen LogP contribution in [0, 0.1) is 0 Å². The van der Waals surface area contributed by atoms with Crippen molar-refractivity contribution in [2.24, 2.45) is 0 Å². The van der Waals surface area contributed by atoms with Gasteiger partial charge in [0.1, 0.15) is 0 Å². The molecule has 0 fully saturated rings. The van der Waals surface area contributed by atoms with Crippen molar-refractivity contribution in [2.45, 2.75) is 20.8 Å². The van der Waals surface area contributed by atoms with Gasteiger partial charge in [0.05, 0.1) is 0 Å². The first-order chi connectivity index (χ1) is 3.35. The van der Waals surface area contributed by atoms with E-state index in [0.29, 0.717) is 7.92 Å². The number of rotatable bonds is 3. The molecular weight excluding hydrogens is 305 g/mol. The molecule has 0 aliphatic heterocycles. The summed E-state index contributed by atoms with van der Waals surface area (Å²) in [6.07, 6.45) is 4.26. The maximum atomic E-state index is 2.29. The Hall–Kier alpha value is 1.68. The molecule has 60 valence electrons. The van der Waals surface area contributed by atoms with Crippen LogP contribution in [0.2, 0.25) is 0 Å². The standard InChI is InChI=1S/C6H15P.2Ru/c1-4-7(5-2)6-3;;/h4-6H2,1-3H3;;. The molecule has 0 rings (SSSR count). The summed E-state index contributed by atoms with van der Waals surface area (Å²) >= 11 is 0. The second kappa shape index (κ2) is 12.4. The minimum Gasteiger partial charge on any atom is -0.108 e. The van der Waals surface area contributed by atoms with Crippen molar-refractivity contribution in [1.29, 1.82) is 0 Å². The molecule has 0 bridgehead atoms. The molecule has 0 saturated carbocycles. The van der Waals surface area contributed by atoms with Gasteiger partial charge < -0.3 is 0 Å². The van der Waals surface area contributed by atoms with Gasteiger partial charge in [-0.05, 0) is 18.5 Å². The van der Waals surface area contributed by atoms with Crippen LogP contribution in [0.3, 0.4) is 0 Å². The molecule has 0 aromatic heterocycles. The van der Waals surface area contributed by atoms with E-state index in [2.05, 4.69) is 20.8 Å². The molecule has 0 N–H and O–H groups in total. The van der Waals surface area contributed by atoms with Crippen LogP contribution in [-0.2, 0) is 39.0 Å². The molecule has 0 atom stereocenters. The topological polar surface area (TPSA) is 0 Å². The first kappa shape index (κ1) is 17.0. The fourth-order valence-corrected chi connectivity index (χ4v) is 2.01. The molecule has 0 unspecified atom stereocenters. The molecule has 0 aliphatic rings. The Morgan fingerprint density at radius 1 is 0.778 bits per heavy atom. The van der Waals surface area contributed by atoms with Gasteiger partial charge in [0.15, 0.2) is 0 Å². The van der Waals surface area contributed by atoms with E-state index in [1.54, 1.807) is 0 Å². The maximum absolute atomic E-state index is 2.29. The second-order valence-corrected chi connectivity index (χ2v) is 4.86. The van der Waals surface area contributed by atoms with Crippen LogP contribution in [0.4, 0.5) is 0 Å². The van der Waals surface area contributed by atoms with Gasteiger partial charge in [0.2, 0.25) is 0 Å². The van der Waals surface area contributed by atoms with Crippen molar-refractivity contribution in [3.8, 4) is 0 Å². The van der Waals surface area contributed by atoms with Crippen molar-refractivity contribution < 1.29 is 39.0 Å². The zero-order valence-electron chi connectivity index (χ0n) is 6.28. The van der Waals surface area contributed by atoms with Crippen molar-refractivity contribution in [3.05, 3.63) is 0 Å². The largest absolute Gasteiger partial charge is 0.108 e. The van der Waals surface area contributed by atoms with Crippen molar-refractivity contribution in [3.63, 3.8) is 0 Å². The van der Waals surface area contributed by atoms with Gasteiger partial charge in [0, 0.05) is 39.0 Å². The van der Waals surface area contributed by atoms with E-state index in [1.165, 1.54) is 18.5 Å². The minimum absolute atomic E-state index is 0. The SMILES string of the molecule is CCP(CC)CC.[Ru].[Ru]. The van der Waals surface area contributed by atoms with Gasteiger partial charge in [-0.3, -0.25) is 0 Å². The Morgan fingerprint density at radius 3 is 1.00 bits per heavy atom. The summed E-state index contributed by atoms with van der Waals surface area (Å²) < 4.78 is 0. The van der Waals surface area contributed by atoms with E-state index in [-0.39, 0.29) is 39.0 Å². The molecule has 9 heavy (non-hydrogen) atoms. The second-order valence-electron chi connectivity index (χ2n) is 1.62. The summed E-state index contributed by atoms with van der Waals surface area (Å²) in [4.78, 5) is 0. The maximum Gasteiger partial charge on any atom is 0 e. The van der Waals surface area contributed by atoms with E-state index in [0.717, 1.165) is 0 Å². The molecule has 0 heterocycles. The Morgan fingerprint density at radius 2 is 1.00 bits per heavy atom. The van der Waals surface area contributed by atoms with Gasteiger partial charge >= 0.3 is 0 Å². The van der Waals surface area contributed by atoms with E-state index in [1.807, 2.05) is 0 Å².